The lowest BCUT2D eigenvalue weighted by atomic mass is 10.3. The first-order chi connectivity index (χ1) is 7.88. The van der Waals surface area contributed by atoms with Crippen molar-refractivity contribution in [1.29, 1.82) is 0 Å². The largest absolute Gasteiger partial charge is 0.452 e. The van der Waals surface area contributed by atoms with Crippen LogP contribution in [0.5, 0.6) is 0 Å². The van der Waals surface area contributed by atoms with Crippen LogP contribution in [0.2, 0.25) is 0 Å². The number of carbonyl (C=O) groups excluding carboxylic acids is 3. The van der Waals surface area contributed by atoms with Crippen molar-refractivity contribution in [2.75, 3.05) is 13.2 Å². The fraction of sp³-hybridized carbons (Fsp3) is 0.625. The molecule has 0 rings (SSSR count). The molecule has 0 aromatic carbocycles. The summed E-state index contributed by atoms with van der Waals surface area (Å²) in [7, 11) is 0. The quantitative estimate of drug-likeness (QED) is 0.268. The second-order valence-corrected chi connectivity index (χ2v) is 2.93. The summed E-state index contributed by atoms with van der Waals surface area (Å²) in [5, 5.41) is 17.1. The van der Waals surface area contributed by atoms with Gasteiger partial charge < -0.3 is 20.7 Å². The Morgan fingerprint density at radius 3 is 2.29 bits per heavy atom. The summed E-state index contributed by atoms with van der Waals surface area (Å²) in [4.78, 5) is 40.1. The summed E-state index contributed by atoms with van der Waals surface area (Å²) < 4.78 is 4.30. The first-order valence-corrected chi connectivity index (χ1v) is 4.50. The van der Waals surface area contributed by atoms with E-state index in [4.69, 9.17) is 15.9 Å². The molecule has 0 saturated carbocycles. The van der Waals surface area contributed by atoms with Crippen LogP contribution >= 0.6 is 0 Å². The van der Waals surface area contributed by atoms with E-state index < -0.39 is 43.3 Å². The molecule has 0 bridgehead atoms. The zero-order chi connectivity index (χ0) is 13.4. The van der Waals surface area contributed by atoms with Gasteiger partial charge in [-0.3, -0.25) is 4.79 Å². The van der Waals surface area contributed by atoms with Crippen molar-refractivity contribution >= 4 is 17.9 Å². The normalized spacial score (nSPS) is 13.4. The summed E-state index contributed by atoms with van der Waals surface area (Å²) in [5.41, 5.74) is 5.07. The van der Waals surface area contributed by atoms with E-state index in [1.54, 1.807) is 0 Å². The van der Waals surface area contributed by atoms with Crippen molar-refractivity contribution in [3.63, 3.8) is 0 Å². The third-order valence-electron chi connectivity index (χ3n) is 1.39. The van der Waals surface area contributed by atoms with E-state index in [-0.39, 0.29) is 0 Å². The summed E-state index contributed by atoms with van der Waals surface area (Å²) in [6, 6.07) is -1.26. The van der Waals surface area contributed by atoms with Crippen molar-refractivity contribution in [2.24, 2.45) is 5.73 Å². The van der Waals surface area contributed by atoms with Crippen LogP contribution in [-0.4, -0.2) is 53.5 Å². The van der Waals surface area contributed by atoms with Gasteiger partial charge >= 0.3 is 17.9 Å². The molecule has 0 amide bonds. The van der Waals surface area contributed by atoms with Crippen LogP contribution in [0.4, 0.5) is 0 Å². The average Bonchev–Trinajstić information content (AvgIpc) is 2.31. The molecule has 0 aromatic heterocycles. The van der Waals surface area contributed by atoms with E-state index in [9.17, 15) is 14.4 Å². The Kier molecular flexibility index (Phi) is 6.79. The standard InChI is InChI=1S/C8H13NO8/c1-4(11)7(13)17-16-6(12)3-15-8(14)5(9)2-10/h4-5,10-11H,2-3,9H2,1H3. The van der Waals surface area contributed by atoms with Crippen LogP contribution in [0.25, 0.3) is 0 Å². The fourth-order valence-corrected chi connectivity index (χ4v) is 0.493. The Morgan fingerprint density at radius 1 is 1.24 bits per heavy atom. The van der Waals surface area contributed by atoms with E-state index in [0.717, 1.165) is 6.92 Å². The Hall–Kier alpha value is -1.71. The topological polar surface area (TPSA) is 145 Å². The summed E-state index contributed by atoms with van der Waals surface area (Å²) in [5.74, 6) is -3.35. The van der Waals surface area contributed by atoms with Gasteiger partial charge in [0.25, 0.3) is 0 Å². The monoisotopic (exact) mass is 251 g/mol. The molecular weight excluding hydrogens is 238 g/mol. The van der Waals surface area contributed by atoms with E-state index in [1.165, 1.54) is 0 Å². The zero-order valence-electron chi connectivity index (χ0n) is 8.99. The van der Waals surface area contributed by atoms with Crippen LogP contribution < -0.4 is 5.73 Å². The summed E-state index contributed by atoms with van der Waals surface area (Å²) in [6.07, 6.45) is -1.45. The molecule has 17 heavy (non-hydrogen) atoms. The minimum absolute atomic E-state index is 0.634. The average molecular weight is 251 g/mol. The Balaban J connectivity index is 3.81. The Morgan fingerprint density at radius 2 is 1.82 bits per heavy atom. The number of hydrogen-bond acceptors (Lipinski definition) is 9. The van der Waals surface area contributed by atoms with E-state index in [0.29, 0.717) is 0 Å². The van der Waals surface area contributed by atoms with Gasteiger partial charge in [-0.25, -0.2) is 19.4 Å². The number of rotatable bonds is 5. The lowest BCUT2D eigenvalue weighted by molar-refractivity contribution is -0.265. The molecular formula is C8H13NO8. The van der Waals surface area contributed by atoms with Crippen molar-refractivity contribution in [2.45, 2.75) is 19.1 Å². The molecule has 0 aliphatic heterocycles. The first-order valence-electron chi connectivity index (χ1n) is 4.50. The van der Waals surface area contributed by atoms with Gasteiger partial charge in [0, 0.05) is 0 Å². The van der Waals surface area contributed by atoms with Crippen LogP contribution in [-0.2, 0) is 28.9 Å². The molecule has 0 heterocycles. The summed E-state index contributed by atoms with van der Waals surface area (Å²) in [6.45, 7) is -0.360. The van der Waals surface area contributed by atoms with Crippen LogP contribution in [0, 0.1) is 0 Å². The number of carbonyl (C=O) groups is 3. The highest BCUT2D eigenvalue weighted by Gasteiger charge is 2.18. The molecule has 0 aromatic rings. The van der Waals surface area contributed by atoms with E-state index in [1.807, 2.05) is 0 Å². The van der Waals surface area contributed by atoms with Crippen LogP contribution in [0.3, 0.4) is 0 Å². The third-order valence-corrected chi connectivity index (χ3v) is 1.39. The van der Waals surface area contributed by atoms with Gasteiger partial charge in [-0.05, 0) is 6.92 Å². The van der Waals surface area contributed by atoms with Crippen molar-refractivity contribution < 1.29 is 39.1 Å². The smallest absolute Gasteiger partial charge is 0.392 e. The van der Waals surface area contributed by atoms with Gasteiger partial charge in [-0.1, -0.05) is 0 Å². The molecule has 9 nitrogen and oxygen atoms in total. The van der Waals surface area contributed by atoms with E-state index in [2.05, 4.69) is 14.5 Å². The second-order valence-electron chi connectivity index (χ2n) is 2.93. The van der Waals surface area contributed by atoms with Crippen molar-refractivity contribution in [1.82, 2.24) is 0 Å². The minimum Gasteiger partial charge on any atom is -0.452 e. The lowest BCUT2D eigenvalue weighted by Gasteiger charge is -2.08. The molecule has 0 aliphatic carbocycles. The molecule has 0 saturated heterocycles. The maximum Gasteiger partial charge on any atom is 0.392 e. The second kappa shape index (κ2) is 7.54. The molecule has 98 valence electrons. The molecule has 9 heteroatoms. The lowest BCUT2D eigenvalue weighted by Crippen LogP contribution is -2.36. The predicted molar refractivity (Wildman–Crippen MR) is 49.9 cm³/mol. The summed E-state index contributed by atoms with van der Waals surface area (Å²) >= 11 is 0. The Labute approximate surface area is 96.0 Å². The first kappa shape index (κ1) is 15.3. The number of aliphatic hydroxyl groups is 2. The van der Waals surface area contributed by atoms with Gasteiger partial charge in [-0.15, -0.1) is 0 Å². The number of aliphatic hydroxyl groups excluding tert-OH is 2. The van der Waals surface area contributed by atoms with Crippen molar-refractivity contribution in [3.8, 4) is 0 Å². The van der Waals surface area contributed by atoms with Gasteiger partial charge in [-0.2, -0.15) is 0 Å². The molecule has 0 aliphatic rings. The van der Waals surface area contributed by atoms with Gasteiger partial charge in [0.2, 0.25) is 0 Å². The molecule has 0 spiro atoms. The number of ether oxygens (including phenoxy) is 1. The molecule has 2 unspecified atom stereocenters. The highest BCUT2D eigenvalue weighted by atomic mass is 17.2. The molecule has 4 N–H and O–H groups in total. The molecule has 2 atom stereocenters. The minimum atomic E-state index is -1.45. The molecule has 0 fully saturated rings. The maximum atomic E-state index is 10.9. The number of nitrogens with two attached hydrogens (primary N) is 1. The fourth-order valence-electron chi connectivity index (χ4n) is 0.493. The van der Waals surface area contributed by atoms with Gasteiger partial charge in [0.05, 0.1) is 6.61 Å². The SMILES string of the molecule is CC(O)C(=O)OOC(=O)COC(=O)C(N)CO. The highest BCUT2D eigenvalue weighted by Crippen LogP contribution is 1.91. The van der Waals surface area contributed by atoms with Gasteiger partial charge in [0.15, 0.2) is 12.7 Å². The predicted octanol–water partition coefficient (Wildman–Crippen LogP) is -2.77. The van der Waals surface area contributed by atoms with E-state index >= 15 is 0 Å². The molecule has 0 radical (unpaired) electrons. The van der Waals surface area contributed by atoms with Crippen LogP contribution in [0.15, 0.2) is 0 Å². The van der Waals surface area contributed by atoms with Gasteiger partial charge in [0.1, 0.15) is 6.04 Å². The highest BCUT2D eigenvalue weighted by molar-refractivity contribution is 5.80. The number of esters is 1. The van der Waals surface area contributed by atoms with Crippen LogP contribution in [0.1, 0.15) is 6.92 Å². The maximum absolute atomic E-state index is 10.9. The number of hydrogen-bond donors (Lipinski definition) is 3. The zero-order valence-corrected chi connectivity index (χ0v) is 8.99. The van der Waals surface area contributed by atoms with Crippen molar-refractivity contribution in [3.05, 3.63) is 0 Å². The third kappa shape index (κ3) is 6.45. The Bertz CT molecular complexity index is 289.